The number of carbonyl (C=O) groups is 1. The highest BCUT2D eigenvalue weighted by Gasteiger charge is 2.26. The summed E-state index contributed by atoms with van der Waals surface area (Å²) in [7, 11) is 0. The normalized spacial score (nSPS) is 12.0. The van der Waals surface area contributed by atoms with Crippen molar-refractivity contribution in [2.45, 2.75) is 31.2 Å². The Labute approximate surface area is 178 Å². The van der Waals surface area contributed by atoms with Crippen molar-refractivity contribution < 1.29 is 13.6 Å². The van der Waals surface area contributed by atoms with Gasteiger partial charge in [-0.2, -0.15) is 0 Å². The number of hydrogen-bond acceptors (Lipinski definition) is 6. The van der Waals surface area contributed by atoms with Crippen LogP contribution in [0, 0.1) is 20.8 Å². The standard InChI is InChI=1S/C23H21N3O3S/c1-14-9-10-15(2)19(13-14)24-21(27)20(17-7-5-4-6-8-17)30-23-26-25-22(29-23)18-11-12-28-16(18)3/h4-13,20H,1-3H3,(H,24,27). The average molecular weight is 420 g/mol. The number of amides is 1. The molecule has 0 aliphatic carbocycles. The molecule has 0 aliphatic rings. The van der Waals surface area contributed by atoms with Gasteiger partial charge >= 0.3 is 0 Å². The van der Waals surface area contributed by atoms with Crippen LogP contribution < -0.4 is 5.32 Å². The summed E-state index contributed by atoms with van der Waals surface area (Å²) in [4.78, 5) is 13.2. The fraction of sp³-hybridized carbons (Fsp3) is 0.174. The molecule has 0 aliphatic heterocycles. The first-order valence-corrected chi connectivity index (χ1v) is 10.4. The van der Waals surface area contributed by atoms with E-state index in [1.807, 2.05) is 69.3 Å². The fourth-order valence-electron chi connectivity index (χ4n) is 3.04. The predicted molar refractivity (Wildman–Crippen MR) is 116 cm³/mol. The molecule has 30 heavy (non-hydrogen) atoms. The zero-order valence-corrected chi connectivity index (χ0v) is 17.7. The molecule has 7 heteroatoms. The summed E-state index contributed by atoms with van der Waals surface area (Å²) in [5.74, 6) is 0.909. The maximum atomic E-state index is 13.2. The van der Waals surface area contributed by atoms with Gasteiger partial charge in [0.15, 0.2) is 0 Å². The van der Waals surface area contributed by atoms with Gasteiger partial charge in [-0.05, 0) is 61.4 Å². The van der Waals surface area contributed by atoms with Crippen LogP contribution in [0.15, 0.2) is 74.9 Å². The van der Waals surface area contributed by atoms with E-state index in [2.05, 4.69) is 15.5 Å². The Bertz CT molecular complexity index is 1170. The number of benzene rings is 2. The molecule has 0 saturated heterocycles. The Morgan fingerprint density at radius 3 is 2.57 bits per heavy atom. The molecule has 6 nitrogen and oxygen atoms in total. The second-order valence-electron chi connectivity index (χ2n) is 6.98. The first-order valence-electron chi connectivity index (χ1n) is 9.49. The molecule has 2 heterocycles. The molecule has 2 aromatic carbocycles. The highest BCUT2D eigenvalue weighted by molar-refractivity contribution is 8.00. The van der Waals surface area contributed by atoms with Crippen molar-refractivity contribution in [3.8, 4) is 11.5 Å². The van der Waals surface area contributed by atoms with Crippen molar-refractivity contribution in [2.24, 2.45) is 0 Å². The van der Waals surface area contributed by atoms with Gasteiger partial charge in [0.2, 0.25) is 5.91 Å². The number of rotatable bonds is 6. The minimum absolute atomic E-state index is 0.154. The zero-order chi connectivity index (χ0) is 21.1. The van der Waals surface area contributed by atoms with Gasteiger partial charge in [0.1, 0.15) is 11.0 Å². The quantitative estimate of drug-likeness (QED) is 0.402. The van der Waals surface area contributed by atoms with E-state index in [4.69, 9.17) is 8.83 Å². The lowest BCUT2D eigenvalue weighted by molar-refractivity contribution is -0.115. The molecular weight excluding hydrogens is 398 g/mol. The summed E-state index contributed by atoms with van der Waals surface area (Å²) in [5, 5.41) is 11.0. The van der Waals surface area contributed by atoms with Crippen molar-refractivity contribution >= 4 is 23.4 Å². The summed E-state index contributed by atoms with van der Waals surface area (Å²) in [6, 6.07) is 17.3. The van der Waals surface area contributed by atoms with E-state index < -0.39 is 5.25 Å². The van der Waals surface area contributed by atoms with Gasteiger partial charge in [-0.15, -0.1) is 10.2 Å². The third kappa shape index (κ3) is 4.31. The molecule has 4 aromatic rings. The van der Waals surface area contributed by atoms with Gasteiger partial charge < -0.3 is 14.2 Å². The summed E-state index contributed by atoms with van der Waals surface area (Å²) in [6.07, 6.45) is 1.58. The summed E-state index contributed by atoms with van der Waals surface area (Å²) in [6.45, 7) is 5.80. The van der Waals surface area contributed by atoms with Gasteiger partial charge in [0.05, 0.1) is 11.8 Å². The highest BCUT2D eigenvalue weighted by Crippen LogP contribution is 2.37. The third-order valence-corrected chi connectivity index (χ3v) is 5.79. The van der Waals surface area contributed by atoms with Gasteiger partial charge in [0, 0.05) is 5.69 Å². The molecule has 0 saturated carbocycles. The van der Waals surface area contributed by atoms with Gasteiger partial charge in [-0.25, -0.2) is 0 Å². The van der Waals surface area contributed by atoms with Crippen molar-refractivity contribution in [3.05, 3.63) is 83.3 Å². The lowest BCUT2D eigenvalue weighted by Gasteiger charge is -2.16. The number of thioether (sulfide) groups is 1. The van der Waals surface area contributed by atoms with Crippen molar-refractivity contribution in [1.82, 2.24) is 10.2 Å². The SMILES string of the molecule is Cc1ccc(C)c(NC(=O)C(Sc2nnc(-c3ccoc3C)o2)c2ccccc2)c1. The number of aromatic nitrogens is 2. The number of aryl methyl sites for hydroxylation is 3. The van der Waals surface area contributed by atoms with E-state index in [1.165, 1.54) is 11.8 Å². The maximum Gasteiger partial charge on any atom is 0.277 e. The largest absolute Gasteiger partial charge is 0.469 e. The number of nitrogens with one attached hydrogen (secondary N) is 1. The van der Waals surface area contributed by atoms with Crippen LogP contribution in [0.2, 0.25) is 0 Å². The van der Waals surface area contributed by atoms with Crippen LogP contribution in [-0.4, -0.2) is 16.1 Å². The topological polar surface area (TPSA) is 81.2 Å². The molecule has 4 rings (SSSR count). The van der Waals surface area contributed by atoms with Crippen LogP contribution in [0.5, 0.6) is 0 Å². The molecule has 2 aromatic heterocycles. The molecular formula is C23H21N3O3S. The zero-order valence-electron chi connectivity index (χ0n) is 16.9. The minimum atomic E-state index is -0.551. The molecule has 0 bridgehead atoms. The van der Waals surface area contributed by atoms with Crippen LogP contribution in [0.3, 0.4) is 0 Å². The Balaban J connectivity index is 1.61. The number of hydrogen-bond donors (Lipinski definition) is 1. The molecule has 152 valence electrons. The highest BCUT2D eigenvalue weighted by atomic mass is 32.2. The van der Waals surface area contributed by atoms with E-state index >= 15 is 0 Å². The van der Waals surface area contributed by atoms with Gasteiger partial charge in [0.25, 0.3) is 11.1 Å². The minimum Gasteiger partial charge on any atom is -0.469 e. The van der Waals surface area contributed by atoms with E-state index in [9.17, 15) is 4.79 Å². The van der Waals surface area contributed by atoms with Crippen LogP contribution in [0.4, 0.5) is 5.69 Å². The molecule has 1 amide bonds. The van der Waals surface area contributed by atoms with E-state index in [1.54, 1.807) is 12.3 Å². The Morgan fingerprint density at radius 2 is 1.83 bits per heavy atom. The maximum absolute atomic E-state index is 13.2. The van der Waals surface area contributed by atoms with E-state index in [-0.39, 0.29) is 5.91 Å². The lowest BCUT2D eigenvalue weighted by atomic mass is 10.1. The van der Waals surface area contributed by atoms with Crippen LogP contribution >= 0.6 is 11.8 Å². The van der Waals surface area contributed by atoms with Gasteiger partial charge in [-0.3, -0.25) is 4.79 Å². The monoisotopic (exact) mass is 419 g/mol. The summed E-state index contributed by atoms with van der Waals surface area (Å²) >= 11 is 1.22. The first-order chi connectivity index (χ1) is 14.5. The number of furan rings is 1. The van der Waals surface area contributed by atoms with Crippen molar-refractivity contribution in [1.29, 1.82) is 0 Å². The third-order valence-electron chi connectivity index (χ3n) is 4.71. The second kappa shape index (κ2) is 8.59. The Kier molecular flexibility index (Phi) is 5.72. The summed E-state index contributed by atoms with van der Waals surface area (Å²) < 4.78 is 11.1. The Morgan fingerprint density at radius 1 is 1.03 bits per heavy atom. The fourth-order valence-corrected chi connectivity index (χ4v) is 3.92. The van der Waals surface area contributed by atoms with Crippen molar-refractivity contribution in [3.63, 3.8) is 0 Å². The molecule has 0 radical (unpaired) electrons. The van der Waals surface area contributed by atoms with Gasteiger partial charge in [-0.1, -0.05) is 42.5 Å². The smallest absolute Gasteiger partial charge is 0.277 e. The van der Waals surface area contributed by atoms with E-state index in [0.29, 0.717) is 16.9 Å². The van der Waals surface area contributed by atoms with Crippen LogP contribution in [-0.2, 0) is 4.79 Å². The lowest BCUT2D eigenvalue weighted by Crippen LogP contribution is -2.19. The number of carbonyl (C=O) groups excluding carboxylic acids is 1. The van der Waals surface area contributed by atoms with E-state index in [0.717, 1.165) is 27.9 Å². The molecule has 0 fully saturated rings. The van der Waals surface area contributed by atoms with Crippen LogP contribution in [0.1, 0.15) is 27.7 Å². The summed E-state index contributed by atoms with van der Waals surface area (Å²) in [5.41, 5.74) is 4.47. The number of anilines is 1. The van der Waals surface area contributed by atoms with Crippen molar-refractivity contribution in [2.75, 3.05) is 5.32 Å². The molecule has 1 N–H and O–H groups in total. The first kappa shape index (κ1) is 20.0. The Hall–Kier alpha value is -3.32. The molecule has 1 unspecified atom stereocenters. The second-order valence-corrected chi connectivity index (χ2v) is 8.04. The molecule has 1 atom stereocenters. The van der Waals surface area contributed by atoms with Crippen LogP contribution in [0.25, 0.3) is 11.5 Å². The predicted octanol–water partition coefficient (Wildman–Crippen LogP) is 5.73. The molecule has 0 spiro atoms. The number of nitrogens with zero attached hydrogens (tertiary/aromatic N) is 2. The average Bonchev–Trinajstić information content (AvgIpc) is 3.38.